The van der Waals surface area contributed by atoms with Crippen LogP contribution in [0.5, 0.6) is 0 Å². The summed E-state index contributed by atoms with van der Waals surface area (Å²) in [5.41, 5.74) is 5.89. The molecule has 196 valence electrons. The number of carbonyl (C=O) groups is 2. The van der Waals surface area contributed by atoms with E-state index in [1.807, 2.05) is 64.3 Å². The Kier molecular flexibility index (Phi) is 8.01. The summed E-state index contributed by atoms with van der Waals surface area (Å²) in [6.45, 7) is 16.0. The summed E-state index contributed by atoms with van der Waals surface area (Å²) in [5.74, 6) is -0.974. The number of nitrogens with two attached hydrogens (primary N) is 1. The van der Waals surface area contributed by atoms with Crippen molar-refractivity contribution < 1.29 is 14.3 Å². The van der Waals surface area contributed by atoms with Crippen molar-refractivity contribution in [2.45, 2.75) is 90.8 Å². The number of rotatable bonds is 6. The number of amides is 1. The second kappa shape index (κ2) is 10.2. The SMILES string of the molecule is CC(C)C[C@@]1(C(=O)OC(C)(C)C)C[C@H](C(N)=S)[C@H](c2nccs2)N1C(=O)c1ccc(C(C)(C)C)cc1. The van der Waals surface area contributed by atoms with Gasteiger partial charge in [0.2, 0.25) is 0 Å². The molecule has 0 saturated carbocycles. The molecule has 2 aromatic rings. The Bertz CT molecular complexity index is 1100. The number of carbonyl (C=O) groups excluding carboxylic acids is 2. The van der Waals surface area contributed by atoms with Crippen molar-refractivity contribution in [3.63, 3.8) is 0 Å². The van der Waals surface area contributed by atoms with Gasteiger partial charge >= 0.3 is 5.97 Å². The highest BCUT2D eigenvalue weighted by Crippen LogP contribution is 2.51. The van der Waals surface area contributed by atoms with Gasteiger partial charge in [-0.3, -0.25) is 4.79 Å². The predicted molar refractivity (Wildman–Crippen MR) is 149 cm³/mol. The first-order valence-corrected chi connectivity index (χ1v) is 13.7. The van der Waals surface area contributed by atoms with E-state index < -0.39 is 29.1 Å². The molecule has 1 aliphatic rings. The maximum absolute atomic E-state index is 14.4. The Morgan fingerprint density at radius 1 is 1.19 bits per heavy atom. The van der Waals surface area contributed by atoms with Gasteiger partial charge in [0.05, 0.1) is 11.0 Å². The minimum atomic E-state index is -1.23. The Labute approximate surface area is 224 Å². The first kappa shape index (κ1) is 28.3. The van der Waals surface area contributed by atoms with Gasteiger partial charge in [-0.2, -0.15) is 0 Å². The topological polar surface area (TPSA) is 85.5 Å². The van der Waals surface area contributed by atoms with E-state index in [9.17, 15) is 9.59 Å². The van der Waals surface area contributed by atoms with E-state index in [2.05, 4.69) is 25.8 Å². The van der Waals surface area contributed by atoms with Gasteiger partial charge in [0, 0.05) is 23.1 Å². The molecule has 0 unspecified atom stereocenters. The molecular weight excluding hydrogens is 490 g/mol. The fraction of sp³-hybridized carbons (Fsp3) is 0.571. The third-order valence-electron chi connectivity index (χ3n) is 6.49. The van der Waals surface area contributed by atoms with Crippen LogP contribution in [0.3, 0.4) is 0 Å². The lowest BCUT2D eigenvalue weighted by molar-refractivity contribution is -0.168. The summed E-state index contributed by atoms with van der Waals surface area (Å²) in [4.78, 5) is 34.9. The minimum absolute atomic E-state index is 0.0482. The smallest absolute Gasteiger partial charge is 0.332 e. The molecule has 1 aromatic heterocycles. The largest absolute Gasteiger partial charge is 0.458 e. The summed E-state index contributed by atoms with van der Waals surface area (Å²) in [5, 5.41) is 2.57. The monoisotopic (exact) mass is 529 g/mol. The maximum Gasteiger partial charge on any atom is 0.332 e. The lowest BCUT2D eigenvalue weighted by atomic mass is 9.83. The van der Waals surface area contributed by atoms with Crippen molar-refractivity contribution in [1.29, 1.82) is 0 Å². The van der Waals surface area contributed by atoms with E-state index in [4.69, 9.17) is 22.7 Å². The number of nitrogens with zero attached hydrogens (tertiary/aromatic N) is 2. The molecule has 1 amide bonds. The average Bonchev–Trinajstić information content (AvgIpc) is 3.37. The van der Waals surface area contributed by atoms with Crippen molar-refractivity contribution in [2.75, 3.05) is 0 Å². The second-order valence-corrected chi connectivity index (χ2v) is 13.6. The number of thiazole rings is 1. The molecule has 1 saturated heterocycles. The molecule has 2 heterocycles. The van der Waals surface area contributed by atoms with E-state index in [1.165, 1.54) is 11.3 Å². The molecule has 36 heavy (non-hydrogen) atoms. The molecule has 3 rings (SSSR count). The van der Waals surface area contributed by atoms with Crippen LogP contribution < -0.4 is 5.73 Å². The molecule has 1 aromatic carbocycles. The van der Waals surface area contributed by atoms with Crippen LogP contribution in [0.1, 0.15) is 95.2 Å². The van der Waals surface area contributed by atoms with Gasteiger partial charge in [0.15, 0.2) is 0 Å². The van der Waals surface area contributed by atoms with E-state index >= 15 is 0 Å². The summed E-state index contributed by atoms with van der Waals surface area (Å²) in [6, 6.07) is 7.08. The number of esters is 1. The first-order chi connectivity index (χ1) is 16.6. The average molecular weight is 530 g/mol. The van der Waals surface area contributed by atoms with Crippen LogP contribution in [-0.4, -0.2) is 37.9 Å². The van der Waals surface area contributed by atoms with Gasteiger partial charge < -0.3 is 15.4 Å². The van der Waals surface area contributed by atoms with Gasteiger partial charge in [0.25, 0.3) is 5.91 Å². The van der Waals surface area contributed by atoms with Crippen molar-refractivity contribution in [1.82, 2.24) is 9.88 Å². The molecule has 0 aliphatic carbocycles. The van der Waals surface area contributed by atoms with Gasteiger partial charge in [-0.05, 0) is 62.6 Å². The van der Waals surface area contributed by atoms with Crippen LogP contribution in [0.15, 0.2) is 35.8 Å². The van der Waals surface area contributed by atoms with Crippen LogP contribution in [0.25, 0.3) is 0 Å². The normalized spacial score (nSPS) is 22.6. The van der Waals surface area contributed by atoms with E-state index in [-0.39, 0.29) is 22.2 Å². The van der Waals surface area contributed by atoms with Gasteiger partial charge in [-0.15, -0.1) is 11.3 Å². The highest BCUT2D eigenvalue weighted by atomic mass is 32.1. The number of ether oxygens (including phenoxy) is 1. The summed E-state index contributed by atoms with van der Waals surface area (Å²) in [6.07, 6.45) is 2.42. The van der Waals surface area contributed by atoms with E-state index in [0.29, 0.717) is 23.4 Å². The van der Waals surface area contributed by atoms with Crippen LogP contribution in [0.4, 0.5) is 0 Å². The Balaban J connectivity index is 2.23. The quantitative estimate of drug-likeness (QED) is 0.362. The van der Waals surface area contributed by atoms with E-state index in [1.54, 1.807) is 11.1 Å². The molecule has 1 aliphatic heterocycles. The Morgan fingerprint density at radius 2 is 1.81 bits per heavy atom. The second-order valence-electron chi connectivity index (χ2n) is 12.2. The highest BCUT2D eigenvalue weighted by molar-refractivity contribution is 7.80. The fourth-order valence-corrected chi connectivity index (χ4v) is 6.01. The Hall–Kier alpha value is -2.32. The molecular formula is C28H39N3O3S2. The molecule has 1 fully saturated rings. The number of hydrogen-bond donors (Lipinski definition) is 1. The standard InChI is InChI=1S/C28H39N3O3S2/c1-17(2)15-28(25(33)34-27(6,7)8)16-20(22(29)35)21(23-30-13-14-36-23)31(28)24(32)18-9-11-19(12-10-18)26(3,4)5/h9-14,17,20-21H,15-16H2,1-8H3,(H2,29,35)/t20-,21+,28-/m0/s1. The van der Waals surface area contributed by atoms with Crippen molar-refractivity contribution in [2.24, 2.45) is 17.6 Å². The summed E-state index contributed by atoms with van der Waals surface area (Å²) >= 11 is 6.93. The molecule has 2 N–H and O–H groups in total. The van der Waals surface area contributed by atoms with Crippen LogP contribution in [0.2, 0.25) is 0 Å². The van der Waals surface area contributed by atoms with E-state index in [0.717, 1.165) is 5.56 Å². The molecule has 0 spiro atoms. The van der Waals surface area contributed by atoms with Gasteiger partial charge in [-0.1, -0.05) is 59.0 Å². The zero-order valence-electron chi connectivity index (χ0n) is 22.6. The molecule has 0 radical (unpaired) electrons. The van der Waals surface area contributed by atoms with Crippen LogP contribution in [0, 0.1) is 11.8 Å². The third kappa shape index (κ3) is 5.80. The fourth-order valence-electron chi connectivity index (χ4n) is 5.01. The Morgan fingerprint density at radius 3 is 2.25 bits per heavy atom. The van der Waals surface area contributed by atoms with Crippen molar-refractivity contribution in [3.05, 3.63) is 52.0 Å². The third-order valence-corrected chi connectivity index (χ3v) is 7.64. The first-order valence-electron chi connectivity index (χ1n) is 12.4. The zero-order valence-corrected chi connectivity index (χ0v) is 24.3. The minimum Gasteiger partial charge on any atom is -0.458 e. The maximum atomic E-state index is 14.4. The molecule has 3 atom stereocenters. The van der Waals surface area contributed by atoms with Crippen molar-refractivity contribution >= 4 is 40.4 Å². The molecule has 8 heteroatoms. The van der Waals surface area contributed by atoms with Gasteiger partial charge in [0.1, 0.15) is 16.1 Å². The number of hydrogen-bond acceptors (Lipinski definition) is 6. The molecule has 6 nitrogen and oxygen atoms in total. The molecule has 0 bridgehead atoms. The lowest BCUT2D eigenvalue weighted by Gasteiger charge is -2.41. The van der Waals surface area contributed by atoms with Crippen molar-refractivity contribution in [3.8, 4) is 0 Å². The number of benzene rings is 1. The van der Waals surface area contributed by atoms with Gasteiger partial charge in [-0.25, -0.2) is 9.78 Å². The zero-order chi connectivity index (χ0) is 27.1. The summed E-state index contributed by atoms with van der Waals surface area (Å²) < 4.78 is 5.97. The lowest BCUT2D eigenvalue weighted by Crippen LogP contribution is -2.56. The van der Waals surface area contributed by atoms with Crippen LogP contribution >= 0.6 is 23.6 Å². The van der Waals surface area contributed by atoms with Crippen LogP contribution in [-0.2, 0) is 14.9 Å². The number of likely N-dealkylation sites (tertiary alicyclic amines) is 1. The number of thiocarbonyl (C=S) groups is 1. The predicted octanol–water partition coefficient (Wildman–Crippen LogP) is 6.06. The number of aromatic nitrogens is 1. The highest BCUT2D eigenvalue weighted by Gasteiger charge is 2.61. The summed E-state index contributed by atoms with van der Waals surface area (Å²) in [7, 11) is 0.